The van der Waals surface area contributed by atoms with Crippen molar-refractivity contribution in [3.63, 3.8) is 0 Å². The standard InChI is InChI=1S/C17H13Cl2N3O/c1-10-2-7-13(8-14(10)19)20-17(23)16-9-15(21-22-16)11-3-5-12(18)6-4-11/h2-9H,1H3,(H,20,23)(H,21,22). The Morgan fingerprint density at radius 1 is 1.09 bits per heavy atom. The molecule has 0 saturated carbocycles. The highest BCUT2D eigenvalue weighted by molar-refractivity contribution is 6.31. The van der Waals surface area contributed by atoms with Crippen LogP contribution in [0, 0.1) is 6.92 Å². The van der Waals surface area contributed by atoms with E-state index in [1.165, 1.54) is 0 Å². The molecule has 4 nitrogen and oxygen atoms in total. The van der Waals surface area contributed by atoms with Crippen LogP contribution in [-0.2, 0) is 0 Å². The minimum Gasteiger partial charge on any atom is -0.321 e. The molecule has 1 aromatic heterocycles. The van der Waals surface area contributed by atoms with Gasteiger partial charge in [0, 0.05) is 21.3 Å². The first-order chi connectivity index (χ1) is 11.0. The number of H-pyrrole nitrogens is 1. The molecule has 3 aromatic rings. The van der Waals surface area contributed by atoms with Gasteiger partial charge >= 0.3 is 0 Å². The van der Waals surface area contributed by atoms with Gasteiger partial charge in [-0.15, -0.1) is 0 Å². The average Bonchev–Trinajstić information content (AvgIpc) is 3.02. The molecule has 0 unspecified atom stereocenters. The number of hydrogen-bond donors (Lipinski definition) is 2. The van der Waals surface area contributed by atoms with Gasteiger partial charge in [0.1, 0.15) is 5.69 Å². The Bertz CT molecular complexity index is 857. The van der Waals surface area contributed by atoms with Crippen molar-refractivity contribution in [2.24, 2.45) is 0 Å². The molecular formula is C17H13Cl2N3O. The van der Waals surface area contributed by atoms with Gasteiger partial charge in [0.2, 0.25) is 0 Å². The van der Waals surface area contributed by atoms with Crippen LogP contribution in [0.1, 0.15) is 16.1 Å². The maximum absolute atomic E-state index is 12.3. The lowest BCUT2D eigenvalue weighted by Gasteiger charge is -2.05. The third-order valence-electron chi connectivity index (χ3n) is 3.39. The second-order valence-electron chi connectivity index (χ2n) is 5.09. The van der Waals surface area contributed by atoms with Gasteiger partial charge in [0.25, 0.3) is 5.91 Å². The summed E-state index contributed by atoms with van der Waals surface area (Å²) in [6, 6.07) is 14.3. The number of amides is 1. The quantitative estimate of drug-likeness (QED) is 0.705. The molecule has 0 saturated heterocycles. The van der Waals surface area contributed by atoms with Crippen LogP contribution in [0.4, 0.5) is 5.69 Å². The highest BCUT2D eigenvalue weighted by Crippen LogP contribution is 2.22. The normalized spacial score (nSPS) is 10.6. The molecule has 0 aliphatic rings. The summed E-state index contributed by atoms with van der Waals surface area (Å²) in [5, 5.41) is 10.9. The number of hydrogen-bond acceptors (Lipinski definition) is 2. The third kappa shape index (κ3) is 3.55. The van der Waals surface area contributed by atoms with Crippen LogP contribution in [-0.4, -0.2) is 16.1 Å². The zero-order chi connectivity index (χ0) is 16.4. The monoisotopic (exact) mass is 345 g/mol. The fourth-order valence-electron chi connectivity index (χ4n) is 2.08. The Balaban J connectivity index is 1.78. The van der Waals surface area contributed by atoms with Crippen LogP contribution in [0.3, 0.4) is 0 Å². The Hall–Kier alpha value is -2.30. The molecule has 3 rings (SSSR count). The summed E-state index contributed by atoms with van der Waals surface area (Å²) in [6.07, 6.45) is 0. The van der Waals surface area contributed by atoms with Crippen molar-refractivity contribution in [2.75, 3.05) is 5.32 Å². The van der Waals surface area contributed by atoms with E-state index in [1.54, 1.807) is 30.3 Å². The SMILES string of the molecule is Cc1ccc(NC(=O)c2cc(-c3ccc(Cl)cc3)n[nH]2)cc1Cl. The first-order valence-corrected chi connectivity index (χ1v) is 7.67. The van der Waals surface area contributed by atoms with Gasteiger partial charge in [0.15, 0.2) is 0 Å². The molecule has 1 amide bonds. The summed E-state index contributed by atoms with van der Waals surface area (Å²) in [5.41, 5.74) is 3.51. The molecule has 23 heavy (non-hydrogen) atoms. The Labute approximate surface area is 143 Å². The molecule has 2 aromatic carbocycles. The number of carbonyl (C=O) groups is 1. The molecule has 0 aliphatic heterocycles. The summed E-state index contributed by atoms with van der Waals surface area (Å²) in [4.78, 5) is 12.3. The highest BCUT2D eigenvalue weighted by Gasteiger charge is 2.12. The Morgan fingerprint density at radius 2 is 1.83 bits per heavy atom. The summed E-state index contributed by atoms with van der Waals surface area (Å²) in [7, 11) is 0. The summed E-state index contributed by atoms with van der Waals surface area (Å²) in [6.45, 7) is 1.90. The summed E-state index contributed by atoms with van der Waals surface area (Å²) >= 11 is 11.9. The number of nitrogens with one attached hydrogen (secondary N) is 2. The van der Waals surface area contributed by atoms with Gasteiger partial charge in [-0.1, -0.05) is 41.4 Å². The van der Waals surface area contributed by atoms with E-state index in [0.29, 0.717) is 27.1 Å². The summed E-state index contributed by atoms with van der Waals surface area (Å²) in [5.74, 6) is -0.280. The fourth-order valence-corrected chi connectivity index (χ4v) is 2.38. The third-order valence-corrected chi connectivity index (χ3v) is 4.05. The van der Waals surface area contributed by atoms with E-state index in [9.17, 15) is 4.79 Å². The van der Waals surface area contributed by atoms with Crippen LogP contribution in [0.5, 0.6) is 0 Å². The van der Waals surface area contributed by atoms with Crippen LogP contribution in [0.2, 0.25) is 10.0 Å². The van der Waals surface area contributed by atoms with Crippen molar-refractivity contribution in [3.8, 4) is 11.3 Å². The van der Waals surface area contributed by atoms with Gasteiger partial charge in [0.05, 0.1) is 5.69 Å². The number of nitrogens with zero attached hydrogens (tertiary/aromatic N) is 1. The van der Waals surface area contributed by atoms with Crippen LogP contribution < -0.4 is 5.32 Å². The first kappa shape index (κ1) is 15.6. The number of benzene rings is 2. The summed E-state index contributed by atoms with van der Waals surface area (Å²) < 4.78 is 0. The van der Waals surface area contributed by atoms with Crippen molar-refractivity contribution in [1.82, 2.24) is 10.2 Å². The second-order valence-corrected chi connectivity index (χ2v) is 5.94. The minimum atomic E-state index is -0.280. The minimum absolute atomic E-state index is 0.280. The zero-order valence-corrected chi connectivity index (χ0v) is 13.7. The van der Waals surface area contributed by atoms with Gasteiger partial charge in [-0.25, -0.2) is 0 Å². The number of rotatable bonds is 3. The van der Waals surface area contributed by atoms with E-state index in [0.717, 1.165) is 11.1 Å². The Kier molecular flexibility index (Phi) is 4.37. The fraction of sp³-hybridized carbons (Fsp3) is 0.0588. The molecule has 1 heterocycles. The number of aromatic nitrogens is 2. The first-order valence-electron chi connectivity index (χ1n) is 6.92. The van der Waals surface area contributed by atoms with Gasteiger partial charge in [-0.3, -0.25) is 9.89 Å². The predicted molar refractivity (Wildman–Crippen MR) is 93.2 cm³/mol. The van der Waals surface area contributed by atoms with Crippen molar-refractivity contribution < 1.29 is 4.79 Å². The molecule has 6 heteroatoms. The molecule has 116 valence electrons. The Morgan fingerprint density at radius 3 is 2.52 bits per heavy atom. The van der Waals surface area contributed by atoms with Crippen molar-refractivity contribution >= 4 is 34.8 Å². The van der Waals surface area contributed by atoms with Crippen molar-refractivity contribution in [1.29, 1.82) is 0 Å². The van der Waals surface area contributed by atoms with E-state index in [1.807, 2.05) is 25.1 Å². The number of aromatic amines is 1. The van der Waals surface area contributed by atoms with E-state index in [2.05, 4.69) is 15.5 Å². The largest absolute Gasteiger partial charge is 0.321 e. The maximum Gasteiger partial charge on any atom is 0.273 e. The second kappa shape index (κ2) is 6.44. The topological polar surface area (TPSA) is 57.8 Å². The van der Waals surface area contributed by atoms with Crippen molar-refractivity contribution in [2.45, 2.75) is 6.92 Å². The molecule has 2 N–H and O–H groups in total. The van der Waals surface area contributed by atoms with Gasteiger partial charge < -0.3 is 5.32 Å². The van der Waals surface area contributed by atoms with Gasteiger partial charge in [-0.05, 0) is 42.8 Å². The maximum atomic E-state index is 12.3. The van der Waals surface area contributed by atoms with Crippen LogP contribution >= 0.6 is 23.2 Å². The number of anilines is 1. The van der Waals surface area contributed by atoms with Crippen LogP contribution in [0.15, 0.2) is 48.5 Å². The average molecular weight is 346 g/mol. The van der Waals surface area contributed by atoms with Crippen molar-refractivity contribution in [3.05, 3.63) is 69.8 Å². The molecule has 0 aliphatic carbocycles. The number of halogens is 2. The lowest BCUT2D eigenvalue weighted by atomic mass is 10.1. The van der Waals surface area contributed by atoms with Gasteiger partial charge in [-0.2, -0.15) is 5.10 Å². The van der Waals surface area contributed by atoms with Crippen LogP contribution in [0.25, 0.3) is 11.3 Å². The molecule has 0 radical (unpaired) electrons. The molecular weight excluding hydrogens is 333 g/mol. The highest BCUT2D eigenvalue weighted by atomic mass is 35.5. The van der Waals surface area contributed by atoms with E-state index in [4.69, 9.17) is 23.2 Å². The number of carbonyl (C=O) groups excluding carboxylic acids is 1. The smallest absolute Gasteiger partial charge is 0.273 e. The molecule has 0 fully saturated rings. The predicted octanol–water partition coefficient (Wildman–Crippen LogP) is 4.94. The molecule has 0 atom stereocenters. The zero-order valence-electron chi connectivity index (χ0n) is 12.2. The lowest BCUT2D eigenvalue weighted by Crippen LogP contribution is -2.12. The van der Waals surface area contributed by atoms with E-state index < -0.39 is 0 Å². The van der Waals surface area contributed by atoms with E-state index >= 15 is 0 Å². The van der Waals surface area contributed by atoms with E-state index in [-0.39, 0.29) is 5.91 Å². The number of aryl methyl sites for hydroxylation is 1. The molecule has 0 spiro atoms. The molecule has 0 bridgehead atoms. The lowest BCUT2D eigenvalue weighted by molar-refractivity contribution is 0.102.